The van der Waals surface area contributed by atoms with E-state index in [9.17, 15) is 0 Å². The standard InChI is InChI=1S/C17H28N2/c1-3-8-15(2)13-18-17-10-5-4-9-16(17)14-19-11-6-7-12-19/h4-5,9-10,15,18H,3,6-8,11-14H2,1-2H3. The zero-order valence-corrected chi connectivity index (χ0v) is 12.5. The summed E-state index contributed by atoms with van der Waals surface area (Å²) in [6, 6.07) is 8.79. The van der Waals surface area contributed by atoms with Crippen molar-refractivity contribution in [2.24, 2.45) is 5.92 Å². The molecule has 2 heteroatoms. The molecule has 1 atom stereocenters. The third-order valence-corrected chi connectivity index (χ3v) is 4.03. The van der Waals surface area contributed by atoms with Gasteiger partial charge in [0.25, 0.3) is 0 Å². The fourth-order valence-corrected chi connectivity index (χ4v) is 2.89. The summed E-state index contributed by atoms with van der Waals surface area (Å²) in [6.45, 7) is 9.31. The molecule has 0 aliphatic carbocycles. The number of hydrogen-bond donors (Lipinski definition) is 1. The highest BCUT2D eigenvalue weighted by atomic mass is 15.1. The molecule has 0 amide bonds. The van der Waals surface area contributed by atoms with Crippen molar-refractivity contribution in [1.82, 2.24) is 4.90 Å². The van der Waals surface area contributed by atoms with E-state index < -0.39 is 0 Å². The van der Waals surface area contributed by atoms with Crippen LogP contribution in [0.2, 0.25) is 0 Å². The number of nitrogens with zero attached hydrogens (tertiary/aromatic N) is 1. The fraction of sp³-hybridized carbons (Fsp3) is 0.647. The molecule has 1 N–H and O–H groups in total. The van der Waals surface area contributed by atoms with Gasteiger partial charge >= 0.3 is 0 Å². The van der Waals surface area contributed by atoms with Crippen molar-refractivity contribution in [2.75, 3.05) is 25.0 Å². The third-order valence-electron chi connectivity index (χ3n) is 4.03. The summed E-state index contributed by atoms with van der Waals surface area (Å²) in [5.74, 6) is 0.754. The lowest BCUT2D eigenvalue weighted by molar-refractivity contribution is 0.332. The van der Waals surface area contributed by atoms with Crippen molar-refractivity contribution in [1.29, 1.82) is 0 Å². The van der Waals surface area contributed by atoms with E-state index in [1.807, 2.05) is 0 Å². The van der Waals surface area contributed by atoms with E-state index in [0.717, 1.165) is 19.0 Å². The largest absolute Gasteiger partial charge is 0.385 e. The Morgan fingerprint density at radius 1 is 1.21 bits per heavy atom. The topological polar surface area (TPSA) is 15.3 Å². The Morgan fingerprint density at radius 3 is 2.68 bits per heavy atom. The summed E-state index contributed by atoms with van der Waals surface area (Å²) >= 11 is 0. The molecule has 1 aliphatic rings. The molecule has 1 aromatic rings. The summed E-state index contributed by atoms with van der Waals surface area (Å²) in [5, 5.41) is 3.65. The number of hydrogen-bond acceptors (Lipinski definition) is 2. The maximum atomic E-state index is 3.65. The van der Waals surface area contributed by atoms with Crippen LogP contribution in [-0.2, 0) is 6.54 Å². The highest BCUT2D eigenvalue weighted by Gasteiger charge is 2.13. The molecule has 1 heterocycles. The minimum absolute atomic E-state index is 0.754. The van der Waals surface area contributed by atoms with E-state index in [1.54, 1.807) is 0 Å². The van der Waals surface area contributed by atoms with Crippen LogP contribution in [0.1, 0.15) is 45.1 Å². The highest BCUT2D eigenvalue weighted by Crippen LogP contribution is 2.20. The van der Waals surface area contributed by atoms with Gasteiger partial charge in [0.05, 0.1) is 0 Å². The first kappa shape index (κ1) is 14.4. The molecule has 1 fully saturated rings. The summed E-state index contributed by atoms with van der Waals surface area (Å²) < 4.78 is 0. The molecule has 0 saturated carbocycles. The van der Waals surface area contributed by atoms with E-state index in [4.69, 9.17) is 0 Å². The van der Waals surface area contributed by atoms with E-state index in [1.165, 1.54) is 50.0 Å². The molecule has 106 valence electrons. The Hall–Kier alpha value is -1.02. The smallest absolute Gasteiger partial charge is 0.0385 e. The Balaban J connectivity index is 1.91. The zero-order valence-electron chi connectivity index (χ0n) is 12.5. The monoisotopic (exact) mass is 260 g/mol. The quantitative estimate of drug-likeness (QED) is 0.793. The summed E-state index contributed by atoms with van der Waals surface area (Å²) in [5.41, 5.74) is 2.78. The molecule has 1 unspecified atom stereocenters. The van der Waals surface area contributed by atoms with Crippen LogP contribution in [-0.4, -0.2) is 24.5 Å². The number of rotatable bonds is 7. The molecule has 1 aliphatic heterocycles. The lowest BCUT2D eigenvalue weighted by Gasteiger charge is -2.19. The van der Waals surface area contributed by atoms with Gasteiger partial charge in [-0.1, -0.05) is 38.5 Å². The van der Waals surface area contributed by atoms with Crippen LogP contribution < -0.4 is 5.32 Å². The summed E-state index contributed by atoms with van der Waals surface area (Å²) in [7, 11) is 0. The van der Waals surface area contributed by atoms with Crippen molar-refractivity contribution in [3.8, 4) is 0 Å². The first-order valence-electron chi connectivity index (χ1n) is 7.83. The maximum Gasteiger partial charge on any atom is 0.0385 e. The van der Waals surface area contributed by atoms with Crippen molar-refractivity contribution >= 4 is 5.69 Å². The molecular weight excluding hydrogens is 232 g/mol. The molecule has 0 spiro atoms. The number of benzene rings is 1. The Morgan fingerprint density at radius 2 is 1.95 bits per heavy atom. The second-order valence-corrected chi connectivity index (χ2v) is 5.92. The Bertz CT molecular complexity index is 369. The van der Waals surface area contributed by atoms with E-state index in [0.29, 0.717) is 0 Å². The number of likely N-dealkylation sites (tertiary alicyclic amines) is 1. The van der Waals surface area contributed by atoms with Crippen LogP contribution in [0.5, 0.6) is 0 Å². The SMILES string of the molecule is CCCC(C)CNc1ccccc1CN1CCCC1. The van der Waals surface area contributed by atoms with Crippen molar-refractivity contribution in [3.63, 3.8) is 0 Å². The predicted octanol–water partition coefficient (Wildman–Crippen LogP) is 4.13. The summed E-state index contributed by atoms with van der Waals surface area (Å²) in [4.78, 5) is 2.57. The lowest BCUT2D eigenvalue weighted by Crippen LogP contribution is -2.20. The molecule has 0 aromatic heterocycles. The van der Waals surface area contributed by atoms with Crippen molar-refractivity contribution < 1.29 is 0 Å². The molecule has 1 aromatic carbocycles. The van der Waals surface area contributed by atoms with Crippen LogP contribution >= 0.6 is 0 Å². The van der Waals surface area contributed by atoms with Gasteiger partial charge in [-0.15, -0.1) is 0 Å². The number of nitrogens with one attached hydrogen (secondary N) is 1. The minimum atomic E-state index is 0.754. The molecule has 19 heavy (non-hydrogen) atoms. The number of para-hydroxylation sites is 1. The average Bonchev–Trinajstić information content (AvgIpc) is 2.91. The van der Waals surface area contributed by atoms with E-state index in [2.05, 4.69) is 48.3 Å². The van der Waals surface area contributed by atoms with Crippen LogP contribution in [0.15, 0.2) is 24.3 Å². The first-order valence-corrected chi connectivity index (χ1v) is 7.83. The van der Waals surface area contributed by atoms with Crippen LogP contribution in [0.4, 0.5) is 5.69 Å². The van der Waals surface area contributed by atoms with Crippen LogP contribution in [0.3, 0.4) is 0 Å². The van der Waals surface area contributed by atoms with Gasteiger partial charge in [0.2, 0.25) is 0 Å². The first-order chi connectivity index (χ1) is 9.29. The van der Waals surface area contributed by atoms with Gasteiger partial charge in [-0.05, 0) is 49.9 Å². The Kier molecular flexibility index (Phi) is 5.71. The second kappa shape index (κ2) is 7.54. The van der Waals surface area contributed by atoms with Gasteiger partial charge < -0.3 is 5.32 Å². The van der Waals surface area contributed by atoms with Gasteiger partial charge in [-0.3, -0.25) is 4.90 Å². The van der Waals surface area contributed by atoms with E-state index >= 15 is 0 Å². The van der Waals surface area contributed by atoms with Crippen molar-refractivity contribution in [2.45, 2.75) is 46.1 Å². The fourth-order valence-electron chi connectivity index (χ4n) is 2.89. The van der Waals surface area contributed by atoms with Crippen LogP contribution in [0, 0.1) is 5.92 Å². The minimum Gasteiger partial charge on any atom is -0.385 e. The molecule has 1 saturated heterocycles. The predicted molar refractivity (Wildman–Crippen MR) is 83.5 cm³/mol. The second-order valence-electron chi connectivity index (χ2n) is 5.92. The van der Waals surface area contributed by atoms with Gasteiger partial charge in [0.1, 0.15) is 0 Å². The highest BCUT2D eigenvalue weighted by molar-refractivity contribution is 5.51. The normalized spacial score (nSPS) is 17.6. The molecular formula is C17H28N2. The zero-order chi connectivity index (χ0) is 13.5. The lowest BCUT2D eigenvalue weighted by atomic mass is 10.1. The van der Waals surface area contributed by atoms with Crippen LogP contribution in [0.25, 0.3) is 0 Å². The van der Waals surface area contributed by atoms with Gasteiger partial charge in [-0.2, -0.15) is 0 Å². The molecule has 0 bridgehead atoms. The van der Waals surface area contributed by atoms with E-state index in [-0.39, 0.29) is 0 Å². The average molecular weight is 260 g/mol. The van der Waals surface area contributed by atoms with Crippen molar-refractivity contribution in [3.05, 3.63) is 29.8 Å². The molecule has 2 rings (SSSR count). The summed E-state index contributed by atoms with van der Waals surface area (Å²) in [6.07, 6.45) is 5.31. The number of anilines is 1. The van der Waals surface area contributed by atoms with Gasteiger partial charge in [0.15, 0.2) is 0 Å². The Labute approximate surface area is 118 Å². The molecule has 2 nitrogen and oxygen atoms in total. The van der Waals surface area contributed by atoms with Gasteiger partial charge in [-0.25, -0.2) is 0 Å². The molecule has 0 radical (unpaired) electrons. The maximum absolute atomic E-state index is 3.65. The third kappa shape index (κ3) is 4.54. The van der Waals surface area contributed by atoms with Gasteiger partial charge in [0, 0.05) is 18.8 Å².